The zero-order valence-corrected chi connectivity index (χ0v) is 33.4. The fourth-order valence-electron chi connectivity index (χ4n) is 7.59. The number of amides is 2. The molecule has 0 aromatic heterocycles. The molecule has 0 radical (unpaired) electrons. The number of unbranched alkanes of at least 4 members (excludes halogenated alkanes) is 28. The summed E-state index contributed by atoms with van der Waals surface area (Å²) in [4.78, 5) is 26.7. The SMILES string of the molecule is CCCCCCCCCCCCCCCCCCCCCCCCCCCCC(CCCCCC)CN1C(=O)CC(S(=O)(=O)CCO)C1=O. The van der Waals surface area contributed by atoms with Crippen LogP contribution in [0.4, 0.5) is 0 Å². The molecule has 0 aromatic rings. The Bertz CT molecular complexity index is 892. The van der Waals surface area contributed by atoms with Gasteiger partial charge in [0, 0.05) is 6.54 Å². The highest BCUT2D eigenvalue weighted by molar-refractivity contribution is 7.92. The molecule has 0 saturated carbocycles. The van der Waals surface area contributed by atoms with Crippen LogP contribution in [0.15, 0.2) is 0 Å². The van der Waals surface area contributed by atoms with Crippen molar-refractivity contribution in [2.24, 2.45) is 5.92 Å². The minimum atomic E-state index is -3.80. The first-order valence-corrected chi connectivity index (χ1v) is 23.3. The summed E-state index contributed by atoms with van der Waals surface area (Å²) in [6, 6.07) is 0. The first-order valence-electron chi connectivity index (χ1n) is 21.5. The molecule has 7 heteroatoms. The quantitative estimate of drug-likeness (QED) is 0.0511. The van der Waals surface area contributed by atoms with Gasteiger partial charge in [0.1, 0.15) is 5.25 Å². The molecule has 0 aromatic carbocycles. The van der Waals surface area contributed by atoms with Gasteiger partial charge in [0.2, 0.25) is 11.8 Å². The number of carbonyl (C=O) groups excluding carboxylic acids is 2. The van der Waals surface area contributed by atoms with Crippen molar-refractivity contribution in [2.75, 3.05) is 18.9 Å². The summed E-state index contributed by atoms with van der Waals surface area (Å²) >= 11 is 0. The number of nitrogens with zero attached hydrogens (tertiary/aromatic N) is 1. The van der Waals surface area contributed by atoms with Crippen LogP contribution in [-0.2, 0) is 19.4 Å². The number of likely N-dealkylation sites (tertiary alicyclic amines) is 1. The van der Waals surface area contributed by atoms with E-state index in [9.17, 15) is 18.0 Å². The zero-order chi connectivity index (χ0) is 35.8. The first-order chi connectivity index (χ1) is 23.9. The second-order valence-corrected chi connectivity index (χ2v) is 17.8. The predicted molar refractivity (Wildman–Crippen MR) is 209 cm³/mol. The van der Waals surface area contributed by atoms with Crippen LogP contribution < -0.4 is 0 Å². The van der Waals surface area contributed by atoms with Crippen LogP contribution in [-0.4, -0.2) is 54.4 Å². The van der Waals surface area contributed by atoms with Gasteiger partial charge < -0.3 is 5.11 Å². The molecule has 2 amide bonds. The van der Waals surface area contributed by atoms with Crippen molar-refractivity contribution in [2.45, 2.75) is 231 Å². The lowest BCUT2D eigenvalue weighted by atomic mass is 9.93. The number of sulfone groups is 1. The summed E-state index contributed by atoms with van der Waals surface area (Å²) in [7, 11) is -3.80. The Kier molecular flexibility index (Phi) is 29.9. The van der Waals surface area contributed by atoms with E-state index in [-0.39, 0.29) is 18.2 Å². The van der Waals surface area contributed by atoms with Gasteiger partial charge in [0.15, 0.2) is 9.84 Å². The molecule has 2 unspecified atom stereocenters. The highest BCUT2D eigenvalue weighted by Gasteiger charge is 2.46. The Morgan fingerprint density at radius 3 is 1.18 bits per heavy atom. The topological polar surface area (TPSA) is 91.8 Å². The zero-order valence-electron chi connectivity index (χ0n) is 32.5. The Morgan fingerprint density at radius 1 is 0.551 bits per heavy atom. The Morgan fingerprint density at radius 2 is 0.857 bits per heavy atom. The number of hydrogen-bond donors (Lipinski definition) is 1. The van der Waals surface area contributed by atoms with Gasteiger partial charge in [-0.1, -0.05) is 206 Å². The van der Waals surface area contributed by atoms with Crippen LogP contribution in [0.2, 0.25) is 0 Å². The third kappa shape index (κ3) is 24.0. The molecule has 1 heterocycles. The molecule has 1 saturated heterocycles. The van der Waals surface area contributed by atoms with Crippen LogP contribution in [0.25, 0.3) is 0 Å². The molecule has 1 rings (SSSR count). The Labute approximate surface area is 304 Å². The highest BCUT2D eigenvalue weighted by Crippen LogP contribution is 2.26. The van der Waals surface area contributed by atoms with Crippen LogP contribution in [0.1, 0.15) is 226 Å². The minimum Gasteiger partial charge on any atom is -0.395 e. The summed E-state index contributed by atoms with van der Waals surface area (Å²) in [5.41, 5.74) is 0. The fourth-order valence-corrected chi connectivity index (χ4v) is 8.96. The number of aliphatic hydroxyl groups is 1. The smallest absolute Gasteiger partial charge is 0.248 e. The second-order valence-electron chi connectivity index (χ2n) is 15.5. The molecule has 1 aliphatic heterocycles. The third-order valence-corrected chi connectivity index (χ3v) is 12.9. The van der Waals surface area contributed by atoms with Gasteiger partial charge in [-0.2, -0.15) is 0 Å². The van der Waals surface area contributed by atoms with E-state index in [1.807, 2.05) is 0 Å². The molecule has 1 fully saturated rings. The Balaban J connectivity index is 2.01. The molecule has 0 aliphatic carbocycles. The third-order valence-electron chi connectivity index (χ3n) is 10.9. The maximum absolute atomic E-state index is 12.9. The number of hydrogen-bond acceptors (Lipinski definition) is 5. The molecular formula is C42H81NO5S. The molecule has 2 atom stereocenters. The average Bonchev–Trinajstić information content (AvgIpc) is 3.37. The molecule has 0 bridgehead atoms. The van der Waals surface area contributed by atoms with E-state index in [0.29, 0.717) is 6.54 Å². The maximum Gasteiger partial charge on any atom is 0.248 e. The van der Waals surface area contributed by atoms with E-state index in [1.54, 1.807) is 0 Å². The van der Waals surface area contributed by atoms with E-state index in [2.05, 4.69) is 13.8 Å². The van der Waals surface area contributed by atoms with Crippen LogP contribution >= 0.6 is 0 Å². The number of rotatable bonds is 37. The van der Waals surface area contributed by atoms with Crippen LogP contribution in [0, 0.1) is 5.92 Å². The van der Waals surface area contributed by atoms with E-state index >= 15 is 0 Å². The lowest BCUT2D eigenvalue weighted by molar-refractivity contribution is -0.139. The largest absolute Gasteiger partial charge is 0.395 e. The van der Waals surface area contributed by atoms with Crippen molar-refractivity contribution in [3.8, 4) is 0 Å². The normalized spacial score (nSPS) is 15.9. The number of aliphatic hydroxyl groups excluding tert-OH is 1. The minimum absolute atomic E-state index is 0.235. The van der Waals surface area contributed by atoms with Crippen molar-refractivity contribution in [1.82, 2.24) is 4.90 Å². The highest BCUT2D eigenvalue weighted by atomic mass is 32.2. The van der Waals surface area contributed by atoms with Gasteiger partial charge in [-0.15, -0.1) is 0 Å². The molecule has 49 heavy (non-hydrogen) atoms. The van der Waals surface area contributed by atoms with E-state index in [1.165, 1.54) is 172 Å². The maximum atomic E-state index is 12.9. The van der Waals surface area contributed by atoms with Crippen molar-refractivity contribution in [3.63, 3.8) is 0 Å². The second kappa shape index (κ2) is 31.8. The van der Waals surface area contributed by atoms with Crippen molar-refractivity contribution < 1.29 is 23.1 Å². The molecular weight excluding hydrogens is 631 g/mol. The van der Waals surface area contributed by atoms with Gasteiger partial charge in [-0.3, -0.25) is 14.5 Å². The van der Waals surface area contributed by atoms with E-state index < -0.39 is 33.4 Å². The van der Waals surface area contributed by atoms with Crippen molar-refractivity contribution >= 4 is 21.7 Å². The summed E-state index contributed by atoms with van der Waals surface area (Å²) in [5, 5.41) is 7.78. The number of imide groups is 1. The molecule has 1 N–H and O–H groups in total. The molecule has 1 aliphatic rings. The van der Waals surface area contributed by atoms with Crippen LogP contribution in [0.5, 0.6) is 0 Å². The van der Waals surface area contributed by atoms with Crippen molar-refractivity contribution in [3.05, 3.63) is 0 Å². The average molecular weight is 712 g/mol. The van der Waals surface area contributed by atoms with Crippen LogP contribution in [0.3, 0.4) is 0 Å². The Hall–Kier alpha value is -0.950. The molecule has 0 spiro atoms. The summed E-state index contributed by atoms with van der Waals surface area (Å²) in [6.45, 7) is 4.29. The van der Waals surface area contributed by atoms with Crippen molar-refractivity contribution in [1.29, 1.82) is 0 Å². The van der Waals surface area contributed by atoms with E-state index in [0.717, 1.165) is 38.5 Å². The number of carbonyl (C=O) groups is 2. The van der Waals surface area contributed by atoms with Gasteiger partial charge in [0.25, 0.3) is 0 Å². The van der Waals surface area contributed by atoms with Gasteiger partial charge in [-0.25, -0.2) is 8.42 Å². The lowest BCUT2D eigenvalue weighted by Crippen LogP contribution is -2.39. The molecule has 290 valence electrons. The van der Waals surface area contributed by atoms with Gasteiger partial charge in [0.05, 0.1) is 18.8 Å². The van der Waals surface area contributed by atoms with Gasteiger partial charge >= 0.3 is 0 Å². The predicted octanol–water partition coefficient (Wildman–Crippen LogP) is 11.7. The molecule has 6 nitrogen and oxygen atoms in total. The van der Waals surface area contributed by atoms with E-state index in [4.69, 9.17) is 5.11 Å². The summed E-state index contributed by atoms with van der Waals surface area (Å²) < 4.78 is 24.8. The fraction of sp³-hybridized carbons (Fsp3) is 0.952. The van der Waals surface area contributed by atoms with Gasteiger partial charge in [-0.05, 0) is 18.8 Å². The lowest BCUT2D eigenvalue weighted by Gasteiger charge is -2.23. The summed E-state index contributed by atoms with van der Waals surface area (Å²) in [6.07, 6.45) is 42.3. The standard InChI is InChI=1S/C42H81NO5S/c1-3-5-7-9-10-11-12-13-14-15-16-17-18-19-20-21-22-23-24-25-26-27-28-29-30-32-34-39(33-31-8-6-4-2)38-43-41(45)37-40(42(43)46)49(47,48)36-35-44/h39-40,44H,3-38H2,1-2H3. The monoisotopic (exact) mass is 712 g/mol. The first kappa shape index (κ1) is 46.1. The summed E-state index contributed by atoms with van der Waals surface area (Å²) in [5.74, 6) is -1.19.